The summed E-state index contributed by atoms with van der Waals surface area (Å²) in [5.74, 6) is 1.04. The van der Waals surface area contributed by atoms with Gasteiger partial charge in [0.15, 0.2) is 0 Å². The molecule has 1 aliphatic rings. The lowest BCUT2D eigenvalue weighted by Gasteiger charge is -2.23. The van der Waals surface area contributed by atoms with E-state index < -0.39 is 0 Å². The number of nitrogens with one attached hydrogen (secondary N) is 1. The quantitative estimate of drug-likeness (QED) is 0.732. The lowest BCUT2D eigenvalue weighted by molar-refractivity contribution is 0.193. The van der Waals surface area contributed by atoms with Crippen LogP contribution in [0.3, 0.4) is 0 Å². The highest BCUT2D eigenvalue weighted by Crippen LogP contribution is 2.33. The lowest BCUT2D eigenvalue weighted by atomic mass is 10.1. The van der Waals surface area contributed by atoms with Crippen LogP contribution in [-0.2, 0) is 0 Å². The fraction of sp³-hybridized carbons (Fsp3) is 0.286. The number of rotatable bonds is 3. The molecule has 2 aromatic carbocycles. The summed E-state index contributed by atoms with van der Waals surface area (Å²) in [6, 6.07) is 15.3. The summed E-state index contributed by atoms with van der Waals surface area (Å²) >= 11 is 0. The van der Waals surface area contributed by atoms with E-state index in [1.54, 1.807) is 4.90 Å². The first-order valence-corrected chi connectivity index (χ1v) is 9.16. The Labute approximate surface area is 158 Å². The first kappa shape index (κ1) is 17.3. The van der Waals surface area contributed by atoms with Crippen LogP contribution in [0.1, 0.15) is 35.9 Å². The summed E-state index contributed by atoms with van der Waals surface area (Å²) in [4.78, 5) is 19.2. The molecule has 1 unspecified atom stereocenters. The highest BCUT2D eigenvalue weighted by molar-refractivity contribution is 5.91. The molecule has 0 saturated carbocycles. The van der Waals surface area contributed by atoms with E-state index in [-0.39, 0.29) is 12.1 Å². The number of aromatic nitrogens is 2. The topological polar surface area (TPSA) is 71.3 Å². The predicted octanol–water partition coefficient (Wildman–Crippen LogP) is 4.72. The first-order chi connectivity index (χ1) is 13.1. The van der Waals surface area contributed by atoms with Gasteiger partial charge in [-0.05, 0) is 37.8 Å². The highest BCUT2D eigenvalue weighted by atomic mass is 16.5. The van der Waals surface area contributed by atoms with E-state index >= 15 is 0 Å². The van der Waals surface area contributed by atoms with Crippen molar-refractivity contribution >= 4 is 11.7 Å². The van der Waals surface area contributed by atoms with E-state index in [9.17, 15) is 4.79 Å². The highest BCUT2D eigenvalue weighted by Gasteiger charge is 2.34. The standard InChI is InChI=1S/C21H22N4O2/c1-14-8-6-9-15(2)18(14)22-21(26)25-13-7-12-17(25)20-23-19(24-27-20)16-10-4-3-5-11-16/h3-6,8-11,17H,7,12-13H2,1-2H3,(H,22,26). The number of aryl methyl sites for hydroxylation is 2. The second-order valence-corrected chi connectivity index (χ2v) is 6.87. The molecule has 1 fully saturated rings. The summed E-state index contributed by atoms with van der Waals surface area (Å²) in [5.41, 5.74) is 3.85. The van der Waals surface area contributed by atoms with Crippen LogP contribution in [0.5, 0.6) is 0 Å². The van der Waals surface area contributed by atoms with E-state index in [0.29, 0.717) is 18.3 Å². The van der Waals surface area contributed by atoms with Gasteiger partial charge >= 0.3 is 6.03 Å². The number of anilines is 1. The van der Waals surface area contributed by atoms with Gasteiger partial charge in [0.2, 0.25) is 11.7 Å². The number of para-hydroxylation sites is 1. The number of urea groups is 1. The number of hydrogen-bond acceptors (Lipinski definition) is 4. The molecule has 1 atom stereocenters. The average molecular weight is 362 g/mol. The molecule has 27 heavy (non-hydrogen) atoms. The largest absolute Gasteiger partial charge is 0.337 e. The van der Waals surface area contributed by atoms with Gasteiger partial charge in [0.25, 0.3) is 0 Å². The molecule has 2 heterocycles. The van der Waals surface area contributed by atoms with Gasteiger partial charge in [0, 0.05) is 17.8 Å². The van der Waals surface area contributed by atoms with Crippen LogP contribution >= 0.6 is 0 Å². The molecule has 1 N–H and O–H groups in total. The zero-order chi connectivity index (χ0) is 18.8. The van der Waals surface area contributed by atoms with Gasteiger partial charge in [-0.2, -0.15) is 4.98 Å². The Balaban J connectivity index is 1.54. The number of carbonyl (C=O) groups excluding carboxylic acids is 1. The molecule has 1 saturated heterocycles. The minimum atomic E-state index is -0.195. The van der Waals surface area contributed by atoms with Gasteiger partial charge < -0.3 is 14.7 Å². The molecule has 0 spiro atoms. The van der Waals surface area contributed by atoms with Crippen molar-refractivity contribution in [2.24, 2.45) is 0 Å². The molecule has 6 nitrogen and oxygen atoms in total. The van der Waals surface area contributed by atoms with Gasteiger partial charge in [-0.15, -0.1) is 0 Å². The van der Waals surface area contributed by atoms with Crippen LogP contribution in [-0.4, -0.2) is 27.6 Å². The van der Waals surface area contributed by atoms with Gasteiger partial charge in [0.05, 0.1) is 0 Å². The Bertz CT molecular complexity index is 932. The minimum Gasteiger partial charge on any atom is -0.337 e. The van der Waals surface area contributed by atoms with Crippen LogP contribution < -0.4 is 5.32 Å². The zero-order valence-corrected chi connectivity index (χ0v) is 15.5. The van der Waals surface area contributed by atoms with Gasteiger partial charge in [-0.3, -0.25) is 0 Å². The van der Waals surface area contributed by atoms with Crippen molar-refractivity contribution in [2.45, 2.75) is 32.7 Å². The molecule has 1 aromatic heterocycles. The Morgan fingerprint density at radius 2 is 1.85 bits per heavy atom. The van der Waals surface area contributed by atoms with E-state index in [0.717, 1.165) is 35.2 Å². The van der Waals surface area contributed by atoms with Crippen LogP contribution in [0.4, 0.5) is 10.5 Å². The van der Waals surface area contributed by atoms with E-state index in [2.05, 4.69) is 15.5 Å². The molecule has 0 radical (unpaired) electrons. The number of hydrogen-bond donors (Lipinski definition) is 1. The summed E-state index contributed by atoms with van der Waals surface area (Å²) in [6.07, 6.45) is 1.73. The second-order valence-electron chi connectivity index (χ2n) is 6.87. The molecule has 138 valence electrons. The number of amides is 2. The Kier molecular flexibility index (Phi) is 4.62. The second kappa shape index (κ2) is 7.23. The maximum absolute atomic E-state index is 12.9. The molecular weight excluding hydrogens is 340 g/mol. The number of carbonyl (C=O) groups is 1. The van der Waals surface area contributed by atoms with Gasteiger partial charge in [-0.25, -0.2) is 4.79 Å². The average Bonchev–Trinajstić information content (AvgIpc) is 3.34. The van der Waals surface area contributed by atoms with Crippen LogP contribution in [0, 0.1) is 13.8 Å². The molecule has 0 bridgehead atoms. The fourth-order valence-electron chi connectivity index (χ4n) is 3.53. The van der Waals surface area contributed by atoms with E-state index in [1.165, 1.54) is 0 Å². The van der Waals surface area contributed by atoms with Crippen LogP contribution in [0.25, 0.3) is 11.4 Å². The number of nitrogens with zero attached hydrogens (tertiary/aromatic N) is 3. The molecule has 2 amide bonds. The molecule has 3 aromatic rings. The van der Waals surface area contributed by atoms with Gasteiger partial charge in [-0.1, -0.05) is 53.7 Å². The first-order valence-electron chi connectivity index (χ1n) is 9.16. The zero-order valence-electron chi connectivity index (χ0n) is 15.5. The normalized spacial score (nSPS) is 16.5. The van der Waals surface area contributed by atoms with Crippen molar-refractivity contribution in [3.05, 3.63) is 65.5 Å². The Morgan fingerprint density at radius 3 is 2.59 bits per heavy atom. The van der Waals surface area contributed by atoms with Crippen molar-refractivity contribution in [3.8, 4) is 11.4 Å². The Hall–Kier alpha value is -3.15. The van der Waals surface area contributed by atoms with Crippen molar-refractivity contribution < 1.29 is 9.32 Å². The summed E-state index contributed by atoms with van der Waals surface area (Å²) in [6.45, 7) is 4.66. The third kappa shape index (κ3) is 3.43. The Morgan fingerprint density at radius 1 is 1.11 bits per heavy atom. The maximum atomic E-state index is 12.9. The maximum Gasteiger partial charge on any atom is 0.322 e. The smallest absolute Gasteiger partial charge is 0.322 e. The third-order valence-corrected chi connectivity index (χ3v) is 4.99. The van der Waals surface area contributed by atoms with E-state index in [1.807, 2.05) is 62.4 Å². The van der Waals surface area contributed by atoms with E-state index in [4.69, 9.17) is 4.52 Å². The summed E-state index contributed by atoms with van der Waals surface area (Å²) < 4.78 is 5.50. The summed E-state index contributed by atoms with van der Waals surface area (Å²) in [7, 11) is 0. The minimum absolute atomic E-state index is 0.130. The van der Waals surface area contributed by atoms with Crippen molar-refractivity contribution in [3.63, 3.8) is 0 Å². The monoisotopic (exact) mass is 362 g/mol. The molecule has 4 rings (SSSR count). The van der Waals surface area contributed by atoms with Crippen LogP contribution in [0.2, 0.25) is 0 Å². The van der Waals surface area contributed by atoms with Gasteiger partial charge in [0.1, 0.15) is 6.04 Å². The predicted molar refractivity (Wildman–Crippen MR) is 103 cm³/mol. The molecule has 6 heteroatoms. The summed E-state index contributed by atoms with van der Waals surface area (Å²) in [5, 5.41) is 7.15. The molecule has 1 aliphatic heterocycles. The van der Waals surface area contributed by atoms with Crippen molar-refractivity contribution in [1.82, 2.24) is 15.0 Å². The SMILES string of the molecule is Cc1cccc(C)c1NC(=O)N1CCCC1c1nc(-c2ccccc2)no1. The number of likely N-dealkylation sites (tertiary alicyclic amines) is 1. The molecule has 0 aliphatic carbocycles. The fourth-order valence-corrected chi connectivity index (χ4v) is 3.53. The lowest BCUT2D eigenvalue weighted by Crippen LogP contribution is -2.35. The van der Waals surface area contributed by atoms with Crippen molar-refractivity contribution in [2.75, 3.05) is 11.9 Å². The molecular formula is C21H22N4O2. The van der Waals surface area contributed by atoms with Crippen LogP contribution in [0.15, 0.2) is 53.1 Å². The number of benzene rings is 2. The third-order valence-electron chi connectivity index (χ3n) is 4.99. The van der Waals surface area contributed by atoms with Crippen molar-refractivity contribution in [1.29, 1.82) is 0 Å².